The summed E-state index contributed by atoms with van der Waals surface area (Å²) in [4.78, 5) is 51.5. The number of carboxylic acid groups (broad SMARTS) is 1. The molecule has 1 atom stereocenters. The second-order valence-electron chi connectivity index (χ2n) is 7.82. The molecule has 174 valence electrons. The molecule has 9 nitrogen and oxygen atoms in total. The Balaban J connectivity index is 1.48. The number of Topliss-reactive ketones (excluding diaryl/α,β-unsaturated/α-hetero) is 1. The Labute approximate surface area is 195 Å². The highest BCUT2D eigenvalue weighted by atomic mass is 16.4. The van der Waals surface area contributed by atoms with Crippen LogP contribution in [-0.2, 0) is 16.1 Å². The van der Waals surface area contributed by atoms with Gasteiger partial charge in [0.05, 0.1) is 30.5 Å². The zero-order valence-electron chi connectivity index (χ0n) is 18.2. The third-order valence-electron chi connectivity index (χ3n) is 5.55. The third-order valence-corrected chi connectivity index (χ3v) is 5.55. The minimum atomic E-state index is -1.31. The molecule has 1 aliphatic rings. The van der Waals surface area contributed by atoms with Crippen LogP contribution in [0.4, 0.5) is 11.4 Å². The summed E-state index contributed by atoms with van der Waals surface area (Å²) in [5, 5.41) is 15.6. The fourth-order valence-electron chi connectivity index (χ4n) is 3.91. The molecule has 3 N–H and O–H groups in total. The number of fused-ring (bicyclic) bond motifs is 1. The van der Waals surface area contributed by atoms with Gasteiger partial charge in [-0.3, -0.25) is 14.4 Å². The van der Waals surface area contributed by atoms with Gasteiger partial charge in [-0.2, -0.15) is 0 Å². The van der Waals surface area contributed by atoms with E-state index < -0.39 is 17.9 Å². The fourth-order valence-corrected chi connectivity index (χ4v) is 3.91. The van der Waals surface area contributed by atoms with Gasteiger partial charge >= 0.3 is 5.97 Å². The Kier molecular flexibility index (Phi) is 6.72. The number of rotatable bonds is 9. The van der Waals surface area contributed by atoms with Crippen molar-refractivity contribution in [3.63, 3.8) is 0 Å². The van der Waals surface area contributed by atoms with Gasteiger partial charge in [0.15, 0.2) is 5.78 Å². The highest BCUT2D eigenvalue weighted by Crippen LogP contribution is 2.29. The number of nitrogens with zero attached hydrogens (tertiary/aromatic N) is 1. The zero-order chi connectivity index (χ0) is 24.1. The lowest BCUT2D eigenvalue weighted by atomic mass is 9.94. The van der Waals surface area contributed by atoms with Crippen LogP contribution in [0.25, 0.3) is 0 Å². The predicted octanol–water partition coefficient (Wildman–Crippen LogP) is 3.40. The summed E-state index contributed by atoms with van der Waals surface area (Å²) in [7, 11) is 0. The molecule has 4 rings (SSSR count). The number of anilines is 2. The molecule has 0 spiro atoms. The van der Waals surface area contributed by atoms with E-state index in [1.54, 1.807) is 48.5 Å². The topological polar surface area (TPSA) is 129 Å². The van der Waals surface area contributed by atoms with E-state index in [-0.39, 0.29) is 42.2 Å². The second-order valence-corrected chi connectivity index (χ2v) is 7.82. The first-order chi connectivity index (χ1) is 16.4. The lowest BCUT2D eigenvalue weighted by Gasteiger charge is -2.33. The molecule has 0 bridgehead atoms. The van der Waals surface area contributed by atoms with Crippen molar-refractivity contribution in [2.75, 3.05) is 17.2 Å². The summed E-state index contributed by atoms with van der Waals surface area (Å²) in [5.41, 5.74) is 1.41. The molecule has 3 aromatic rings. The lowest BCUT2D eigenvalue weighted by molar-refractivity contribution is -0.142. The first-order valence-electron chi connectivity index (χ1n) is 10.7. The van der Waals surface area contributed by atoms with Crippen molar-refractivity contribution in [3.05, 3.63) is 83.8 Å². The highest BCUT2D eigenvalue weighted by molar-refractivity contribution is 6.17. The van der Waals surface area contributed by atoms with Gasteiger partial charge in [0.25, 0.3) is 5.91 Å². The molecule has 0 saturated heterocycles. The van der Waals surface area contributed by atoms with E-state index in [9.17, 15) is 24.3 Å². The van der Waals surface area contributed by atoms with Gasteiger partial charge in [-0.1, -0.05) is 24.3 Å². The largest absolute Gasteiger partial charge is 0.480 e. The van der Waals surface area contributed by atoms with Crippen molar-refractivity contribution < 1.29 is 28.7 Å². The van der Waals surface area contributed by atoms with Crippen molar-refractivity contribution in [1.82, 2.24) is 4.90 Å². The monoisotopic (exact) mass is 461 g/mol. The molecule has 9 heteroatoms. The fraction of sp³-hybridized carbons (Fsp3) is 0.200. The van der Waals surface area contributed by atoms with Crippen LogP contribution < -0.4 is 10.6 Å². The van der Waals surface area contributed by atoms with Crippen LogP contribution >= 0.6 is 0 Å². The van der Waals surface area contributed by atoms with Crippen LogP contribution in [0.15, 0.2) is 71.3 Å². The minimum absolute atomic E-state index is 0.124. The van der Waals surface area contributed by atoms with E-state index in [1.165, 1.54) is 12.3 Å². The van der Waals surface area contributed by atoms with E-state index in [0.29, 0.717) is 23.7 Å². The molecular weight excluding hydrogens is 438 g/mol. The number of carboxylic acids is 1. The average Bonchev–Trinajstić information content (AvgIpc) is 3.35. The summed E-state index contributed by atoms with van der Waals surface area (Å²) in [5.74, 6) is -1.93. The number of hydrogen-bond acceptors (Lipinski definition) is 6. The van der Waals surface area contributed by atoms with Crippen molar-refractivity contribution in [3.8, 4) is 0 Å². The number of para-hydroxylation sites is 1. The van der Waals surface area contributed by atoms with Gasteiger partial charge in [0, 0.05) is 17.8 Å². The molecule has 1 unspecified atom stereocenters. The number of amides is 2. The van der Waals surface area contributed by atoms with Gasteiger partial charge < -0.3 is 25.1 Å². The maximum Gasteiger partial charge on any atom is 0.326 e. The number of carbonyl (C=O) groups excluding carboxylic acids is 3. The maximum atomic E-state index is 13.2. The Morgan fingerprint density at radius 3 is 2.53 bits per heavy atom. The number of benzene rings is 2. The minimum Gasteiger partial charge on any atom is -0.480 e. The number of hydrogen-bond donors (Lipinski definition) is 3. The van der Waals surface area contributed by atoms with E-state index >= 15 is 0 Å². The number of carbonyl (C=O) groups is 4. The van der Waals surface area contributed by atoms with Crippen LogP contribution in [-0.4, -0.2) is 46.2 Å². The van der Waals surface area contributed by atoms with Crippen molar-refractivity contribution >= 4 is 34.9 Å². The van der Waals surface area contributed by atoms with Gasteiger partial charge in [-0.05, 0) is 42.8 Å². The summed E-state index contributed by atoms with van der Waals surface area (Å²) in [6.45, 7) is -0.0640. The van der Waals surface area contributed by atoms with Gasteiger partial charge in [-0.15, -0.1) is 0 Å². The summed E-state index contributed by atoms with van der Waals surface area (Å²) >= 11 is 0. The SMILES string of the molecule is O=C(CCC(C(=O)O)N1CC(=O)c2c(NCc3ccco3)cccc2C1=O)Nc1ccccc1. The van der Waals surface area contributed by atoms with Crippen LogP contribution in [0.3, 0.4) is 0 Å². The van der Waals surface area contributed by atoms with Crippen molar-refractivity contribution in [2.24, 2.45) is 0 Å². The Morgan fingerprint density at radius 2 is 1.82 bits per heavy atom. The smallest absolute Gasteiger partial charge is 0.326 e. The van der Waals surface area contributed by atoms with Crippen molar-refractivity contribution in [2.45, 2.75) is 25.4 Å². The first-order valence-corrected chi connectivity index (χ1v) is 10.7. The number of furan rings is 1. The molecular formula is C25H23N3O6. The Hall–Kier alpha value is -4.40. The van der Waals surface area contributed by atoms with E-state index in [4.69, 9.17) is 4.42 Å². The van der Waals surface area contributed by atoms with E-state index in [2.05, 4.69) is 10.6 Å². The number of ketones is 1. The molecule has 1 aromatic heterocycles. The standard InChI is InChI=1S/C25H23N3O6/c29-21-15-28(20(25(32)33)11-12-22(30)27-16-6-2-1-3-7-16)24(31)18-9-4-10-19(23(18)21)26-14-17-8-5-13-34-17/h1-10,13,20,26H,11-12,14-15H2,(H,27,30)(H,32,33). The predicted molar refractivity (Wildman–Crippen MR) is 124 cm³/mol. The van der Waals surface area contributed by atoms with Crippen LogP contribution in [0, 0.1) is 0 Å². The van der Waals surface area contributed by atoms with E-state index in [1.807, 2.05) is 6.07 Å². The highest BCUT2D eigenvalue weighted by Gasteiger charge is 2.38. The molecule has 0 fully saturated rings. The molecule has 2 heterocycles. The summed E-state index contributed by atoms with van der Waals surface area (Å²) in [6.07, 6.45) is 1.29. The molecule has 2 aromatic carbocycles. The van der Waals surface area contributed by atoms with Crippen LogP contribution in [0.1, 0.15) is 39.3 Å². The van der Waals surface area contributed by atoms with Crippen LogP contribution in [0.2, 0.25) is 0 Å². The molecule has 1 aliphatic heterocycles. The average molecular weight is 461 g/mol. The third kappa shape index (κ3) is 4.98. The normalized spacial score (nSPS) is 13.8. The molecule has 0 radical (unpaired) electrons. The van der Waals surface area contributed by atoms with Gasteiger partial charge in [0.1, 0.15) is 11.8 Å². The molecule has 0 aliphatic carbocycles. The molecule has 0 saturated carbocycles. The zero-order valence-corrected chi connectivity index (χ0v) is 18.2. The lowest BCUT2D eigenvalue weighted by Crippen LogP contribution is -2.51. The molecule has 34 heavy (non-hydrogen) atoms. The Morgan fingerprint density at radius 1 is 1.03 bits per heavy atom. The quantitative estimate of drug-likeness (QED) is 0.445. The first kappa shape index (κ1) is 22.8. The summed E-state index contributed by atoms with van der Waals surface area (Å²) < 4.78 is 5.29. The van der Waals surface area contributed by atoms with Crippen molar-refractivity contribution in [1.29, 1.82) is 0 Å². The summed E-state index contributed by atoms with van der Waals surface area (Å²) in [6, 6.07) is 15.8. The second kappa shape index (κ2) is 10.0. The molecule has 2 amide bonds. The van der Waals surface area contributed by atoms with Crippen LogP contribution in [0.5, 0.6) is 0 Å². The number of nitrogens with one attached hydrogen (secondary N) is 2. The maximum absolute atomic E-state index is 13.2. The van der Waals surface area contributed by atoms with Gasteiger partial charge in [0.2, 0.25) is 5.91 Å². The van der Waals surface area contributed by atoms with E-state index in [0.717, 1.165) is 4.90 Å². The number of aliphatic carboxylic acids is 1. The van der Waals surface area contributed by atoms with Gasteiger partial charge in [-0.25, -0.2) is 4.79 Å². The Bertz CT molecular complexity index is 1210.